The van der Waals surface area contributed by atoms with Gasteiger partial charge in [-0.15, -0.1) is 0 Å². The number of aromatic nitrogens is 1. The highest BCUT2D eigenvalue weighted by molar-refractivity contribution is 5.48. The van der Waals surface area contributed by atoms with Crippen LogP contribution in [0, 0.1) is 5.82 Å². The van der Waals surface area contributed by atoms with E-state index in [4.69, 9.17) is 0 Å². The van der Waals surface area contributed by atoms with Crippen LogP contribution < -0.4 is 10.2 Å². The molecule has 0 radical (unpaired) electrons. The van der Waals surface area contributed by atoms with Gasteiger partial charge in [-0.2, -0.15) is 0 Å². The molecular formula is C14H22FN3. The van der Waals surface area contributed by atoms with Crippen molar-refractivity contribution in [1.29, 1.82) is 0 Å². The number of nitrogens with one attached hydrogen (secondary N) is 1. The third-order valence-electron chi connectivity index (χ3n) is 3.48. The molecule has 1 aliphatic rings. The van der Waals surface area contributed by atoms with Crippen LogP contribution in [0.5, 0.6) is 0 Å². The molecule has 0 bridgehead atoms. The normalized spacial score (nSPS) is 19.5. The Balaban J connectivity index is 2.17. The molecule has 1 aromatic rings. The lowest BCUT2D eigenvalue weighted by Crippen LogP contribution is -2.29. The Kier molecular flexibility index (Phi) is 4.53. The lowest BCUT2D eigenvalue weighted by Gasteiger charge is -2.25. The Morgan fingerprint density at radius 3 is 3.06 bits per heavy atom. The second-order valence-electron chi connectivity index (χ2n) is 5.00. The standard InChI is InChI=1S/C14H22FN3/c1-3-6-16-9-12-8-13(15)10-17-14(12)18-7-4-5-11(18)2/h8,10-11,16H,3-7,9H2,1-2H3. The van der Waals surface area contributed by atoms with Crippen molar-refractivity contribution in [2.45, 2.75) is 45.7 Å². The fourth-order valence-electron chi connectivity index (χ4n) is 2.51. The monoisotopic (exact) mass is 251 g/mol. The largest absolute Gasteiger partial charge is 0.354 e. The maximum absolute atomic E-state index is 13.3. The van der Waals surface area contributed by atoms with Gasteiger partial charge < -0.3 is 10.2 Å². The van der Waals surface area contributed by atoms with Crippen LogP contribution >= 0.6 is 0 Å². The second-order valence-corrected chi connectivity index (χ2v) is 5.00. The number of pyridine rings is 1. The van der Waals surface area contributed by atoms with Crippen LogP contribution in [0.15, 0.2) is 12.3 Å². The molecule has 18 heavy (non-hydrogen) atoms. The first-order valence-electron chi connectivity index (χ1n) is 6.84. The molecule has 100 valence electrons. The van der Waals surface area contributed by atoms with Crippen LogP contribution in [0.25, 0.3) is 0 Å². The SMILES string of the molecule is CCCNCc1cc(F)cnc1N1CCCC1C. The first kappa shape index (κ1) is 13.3. The summed E-state index contributed by atoms with van der Waals surface area (Å²) in [4.78, 5) is 6.59. The zero-order valence-corrected chi connectivity index (χ0v) is 11.2. The van der Waals surface area contributed by atoms with Crippen LogP contribution in [-0.4, -0.2) is 24.1 Å². The van der Waals surface area contributed by atoms with Crippen molar-refractivity contribution < 1.29 is 4.39 Å². The highest BCUT2D eigenvalue weighted by atomic mass is 19.1. The van der Waals surface area contributed by atoms with E-state index in [0.717, 1.165) is 30.9 Å². The molecule has 1 aromatic heterocycles. The van der Waals surface area contributed by atoms with E-state index in [1.165, 1.54) is 19.0 Å². The number of anilines is 1. The number of nitrogens with zero attached hydrogens (tertiary/aromatic N) is 2. The molecule has 2 rings (SSSR count). The Morgan fingerprint density at radius 1 is 1.56 bits per heavy atom. The summed E-state index contributed by atoms with van der Waals surface area (Å²) in [5, 5.41) is 3.32. The van der Waals surface area contributed by atoms with E-state index in [1.807, 2.05) is 0 Å². The molecule has 1 atom stereocenters. The number of hydrogen-bond acceptors (Lipinski definition) is 3. The lowest BCUT2D eigenvalue weighted by atomic mass is 10.2. The molecule has 3 nitrogen and oxygen atoms in total. The Hall–Kier alpha value is -1.16. The van der Waals surface area contributed by atoms with Crippen LogP contribution in [0.2, 0.25) is 0 Å². The molecular weight excluding hydrogens is 229 g/mol. The second kappa shape index (κ2) is 6.14. The quantitative estimate of drug-likeness (QED) is 0.816. The van der Waals surface area contributed by atoms with Gasteiger partial charge in [-0.3, -0.25) is 0 Å². The van der Waals surface area contributed by atoms with Gasteiger partial charge in [0.1, 0.15) is 11.6 Å². The molecule has 0 saturated carbocycles. The molecule has 1 fully saturated rings. The van der Waals surface area contributed by atoms with E-state index >= 15 is 0 Å². The van der Waals surface area contributed by atoms with Gasteiger partial charge in [0.15, 0.2) is 0 Å². The van der Waals surface area contributed by atoms with Gasteiger partial charge >= 0.3 is 0 Å². The van der Waals surface area contributed by atoms with Gasteiger partial charge in [-0.1, -0.05) is 6.92 Å². The smallest absolute Gasteiger partial charge is 0.141 e. The highest BCUT2D eigenvalue weighted by Gasteiger charge is 2.23. The first-order chi connectivity index (χ1) is 8.72. The van der Waals surface area contributed by atoms with Crippen molar-refractivity contribution >= 4 is 5.82 Å². The summed E-state index contributed by atoms with van der Waals surface area (Å²) in [6, 6.07) is 2.11. The van der Waals surface area contributed by atoms with E-state index in [2.05, 4.69) is 29.0 Å². The Morgan fingerprint density at radius 2 is 2.39 bits per heavy atom. The molecule has 0 amide bonds. The summed E-state index contributed by atoms with van der Waals surface area (Å²) in [6.07, 6.45) is 4.80. The molecule has 1 aliphatic heterocycles. The zero-order valence-electron chi connectivity index (χ0n) is 11.2. The molecule has 0 aromatic carbocycles. The van der Waals surface area contributed by atoms with Crippen molar-refractivity contribution in [3.63, 3.8) is 0 Å². The molecule has 0 aliphatic carbocycles. The number of halogens is 1. The van der Waals surface area contributed by atoms with Crippen molar-refractivity contribution in [3.05, 3.63) is 23.6 Å². The van der Waals surface area contributed by atoms with Gasteiger partial charge in [0.25, 0.3) is 0 Å². The molecule has 2 heterocycles. The minimum atomic E-state index is -0.251. The van der Waals surface area contributed by atoms with Crippen molar-refractivity contribution in [3.8, 4) is 0 Å². The summed E-state index contributed by atoms with van der Waals surface area (Å²) < 4.78 is 13.3. The molecule has 1 unspecified atom stereocenters. The average Bonchev–Trinajstić information content (AvgIpc) is 2.76. The van der Waals surface area contributed by atoms with Crippen molar-refractivity contribution in [1.82, 2.24) is 10.3 Å². The van der Waals surface area contributed by atoms with Gasteiger partial charge in [-0.25, -0.2) is 9.37 Å². The summed E-state index contributed by atoms with van der Waals surface area (Å²) >= 11 is 0. The molecule has 0 spiro atoms. The van der Waals surface area contributed by atoms with Crippen LogP contribution in [0.4, 0.5) is 10.2 Å². The molecule has 4 heteroatoms. The van der Waals surface area contributed by atoms with Gasteiger partial charge in [-0.05, 0) is 38.8 Å². The highest BCUT2D eigenvalue weighted by Crippen LogP contribution is 2.26. The molecule has 1 N–H and O–H groups in total. The minimum absolute atomic E-state index is 0.251. The third kappa shape index (κ3) is 2.99. The summed E-state index contributed by atoms with van der Waals surface area (Å²) in [5.74, 6) is 0.698. The predicted octanol–water partition coefficient (Wildman–Crippen LogP) is 2.71. The lowest BCUT2D eigenvalue weighted by molar-refractivity contribution is 0.608. The number of hydrogen-bond donors (Lipinski definition) is 1. The van der Waals surface area contributed by atoms with Gasteiger partial charge in [0.05, 0.1) is 6.20 Å². The summed E-state index contributed by atoms with van der Waals surface area (Å²) in [5.41, 5.74) is 0.970. The van der Waals surface area contributed by atoms with Crippen molar-refractivity contribution in [2.24, 2.45) is 0 Å². The fraction of sp³-hybridized carbons (Fsp3) is 0.643. The third-order valence-corrected chi connectivity index (χ3v) is 3.48. The maximum Gasteiger partial charge on any atom is 0.141 e. The van der Waals surface area contributed by atoms with Crippen LogP contribution in [-0.2, 0) is 6.54 Å². The van der Waals surface area contributed by atoms with E-state index in [1.54, 1.807) is 6.07 Å². The maximum atomic E-state index is 13.3. The minimum Gasteiger partial charge on any atom is -0.354 e. The Labute approximate surface area is 108 Å². The average molecular weight is 251 g/mol. The first-order valence-corrected chi connectivity index (χ1v) is 6.84. The molecule has 1 saturated heterocycles. The Bertz CT molecular complexity index is 395. The van der Waals surface area contributed by atoms with Crippen molar-refractivity contribution in [2.75, 3.05) is 18.0 Å². The van der Waals surface area contributed by atoms with E-state index < -0.39 is 0 Å². The topological polar surface area (TPSA) is 28.2 Å². The van der Waals surface area contributed by atoms with Crippen LogP contribution in [0.3, 0.4) is 0 Å². The summed E-state index contributed by atoms with van der Waals surface area (Å²) in [6.45, 7) is 7.00. The summed E-state index contributed by atoms with van der Waals surface area (Å²) in [7, 11) is 0. The van der Waals surface area contributed by atoms with E-state index in [-0.39, 0.29) is 5.82 Å². The van der Waals surface area contributed by atoms with Gasteiger partial charge in [0, 0.05) is 24.7 Å². The predicted molar refractivity (Wildman–Crippen MR) is 72.2 cm³/mol. The number of rotatable bonds is 5. The van der Waals surface area contributed by atoms with E-state index in [9.17, 15) is 4.39 Å². The fourth-order valence-corrected chi connectivity index (χ4v) is 2.51. The van der Waals surface area contributed by atoms with Crippen LogP contribution in [0.1, 0.15) is 38.7 Å². The van der Waals surface area contributed by atoms with Gasteiger partial charge in [0.2, 0.25) is 0 Å². The van der Waals surface area contributed by atoms with E-state index in [0.29, 0.717) is 12.6 Å². The zero-order chi connectivity index (χ0) is 13.0.